The van der Waals surface area contributed by atoms with Crippen molar-refractivity contribution in [2.24, 2.45) is 5.92 Å². The van der Waals surface area contributed by atoms with Gasteiger partial charge >= 0.3 is 6.98 Å². The molecule has 0 unspecified atom stereocenters. The summed E-state index contributed by atoms with van der Waals surface area (Å²) in [4.78, 5) is 3.75. The van der Waals surface area contributed by atoms with Crippen molar-refractivity contribution in [1.82, 2.24) is 9.80 Å². The fraction of sp³-hybridized carbons (Fsp3) is 1.00. The Morgan fingerprint density at radius 3 is 1.87 bits per heavy atom. The third-order valence-corrected chi connectivity index (χ3v) is 2.55. The molecule has 0 radical (unpaired) electrons. The predicted octanol–water partition coefficient (Wildman–Crippen LogP) is 1.65. The molecule has 1 rings (SSSR count). The van der Waals surface area contributed by atoms with Gasteiger partial charge in [0.2, 0.25) is 0 Å². The van der Waals surface area contributed by atoms with Crippen molar-refractivity contribution in [3.63, 3.8) is 0 Å². The highest BCUT2D eigenvalue weighted by atomic mass is 19.4. The van der Waals surface area contributed by atoms with Gasteiger partial charge in [-0.2, -0.15) is 0 Å². The third kappa shape index (κ3) is 5.42. The molecule has 0 spiro atoms. The molecule has 1 fully saturated rings. The van der Waals surface area contributed by atoms with Gasteiger partial charge in [-0.3, -0.25) is 0 Å². The summed E-state index contributed by atoms with van der Waals surface area (Å²) >= 11 is 0. The summed E-state index contributed by atoms with van der Waals surface area (Å²) in [6.45, 7) is 3.23. The van der Waals surface area contributed by atoms with Gasteiger partial charge in [0, 0.05) is 32.7 Å². The number of nitrogens with zero attached hydrogens (tertiary/aromatic N) is 2. The van der Waals surface area contributed by atoms with Gasteiger partial charge in [0.25, 0.3) is 0 Å². The molecule has 0 amide bonds. The first kappa shape index (κ1) is 12.8. The quantitative estimate of drug-likeness (QED) is 0.668. The topological polar surface area (TPSA) is 6.48 Å². The summed E-state index contributed by atoms with van der Waals surface area (Å²) in [7, 11) is 0. The normalized spacial score (nSPS) is 21.2. The lowest BCUT2D eigenvalue weighted by Crippen LogP contribution is -2.51. The van der Waals surface area contributed by atoms with Crippen molar-refractivity contribution >= 4 is 6.98 Å². The lowest BCUT2D eigenvalue weighted by atomic mass is 9.91. The van der Waals surface area contributed by atoms with Gasteiger partial charge in [0.1, 0.15) is 0 Å². The molecule has 1 aliphatic heterocycles. The molecule has 0 saturated carbocycles. The van der Waals surface area contributed by atoms with E-state index >= 15 is 0 Å². The molecule has 0 bridgehead atoms. The minimum atomic E-state index is -4.66. The maximum absolute atomic E-state index is 12.2. The average molecular weight is 223 g/mol. The minimum absolute atomic E-state index is 0.550. The fourth-order valence-electron chi connectivity index (χ4n) is 1.96. The second kappa shape index (κ2) is 5.21. The minimum Gasteiger partial charge on any atom is -0.448 e. The molecule has 1 saturated heterocycles. The lowest BCUT2D eigenvalue weighted by molar-refractivity contribution is 0.128. The second-order valence-electron chi connectivity index (χ2n) is 4.71. The van der Waals surface area contributed by atoms with E-state index in [9.17, 15) is 12.9 Å². The predicted molar refractivity (Wildman–Crippen MR) is 56.8 cm³/mol. The van der Waals surface area contributed by atoms with E-state index in [1.165, 1.54) is 4.90 Å². The van der Waals surface area contributed by atoms with Gasteiger partial charge in [0.05, 0.1) is 0 Å². The summed E-state index contributed by atoms with van der Waals surface area (Å²) in [6.07, 6.45) is -0.699. The molecule has 0 aromatic heterocycles. The molecule has 90 valence electrons. The number of rotatable bonds is 4. The Labute approximate surface area is 89.5 Å². The van der Waals surface area contributed by atoms with Crippen LogP contribution >= 0.6 is 0 Å². The smallest absolute Gasteiger partial charge is 0.448 e. The molecule has 1 aliphatic rings. The number of piperazine rings is 1. The Morgan fingerprint density at radius 2 is 1.47 bits per heavy atom. The zero-order chi connectivity index (χ0) is 11.5. The molecule has 15 heavy (non-hydrogen) atoms. The van der Waals surface area contributed by atoms with Crippen LogP contribution in [0.5, 0.6) is 0 Å². The number of hydrogen-bond donors (Lipinski definition) is 0. The molecule has 0 atom stereocenters. The van der Waals surface area contributed by atoms with E-state index in [2.05, 4.69) is 18.7 Å². The van der Waals surface area contributed by atoms with Crippen LogP contribution in [0.1, 0.15) is 13.8 Å². The summed E-state index contributed by atoms with van der Waals surface area (Å²) < 4.78 is 36.5. The first-order valence-corrected chi connectivity index (χ1v) is 5.52. The van der Waals surface area contributed by atoms with Crippen molar-refractivity contribution in [3.05, 3.63) is 0 Å². The van der Waals surface area contributed by atoms with Crippen molar-refractivity contribution in [2.75, 3.05) is 39.2 Å². The first-order valence-electron chi connectivity index (χ1n) is 5.52. The monoisotopic (exact) mass is 223 g/mol. The third-order valence-electron chi connectivity index (χ3n) is 2.55. The van der Waals surface area contributed by atoms with Gasteiger partial charge in [-0.05, 0) is 12.4 Å². The van der Waals surface area contributed by atoms with Crippen LogP contribution in [0, 0.1) is 5.92 Å². The van der Waals surface area contributed by atoms with Crippen LogP contribution in [0.3, 0.4) is 0 Å². The molecule has 2 nitrogen and oxygen atoms in total. The molecule has 1 heterocycles. The summed E-state index contributed by atoms with van der Waals surface area (Å²) in [6, 6.07) is 0. The summed E-state index contributed by atoms with van der Waals surface area (Å²) in [5.41, 5.74) is 0. The zero-order valence-electron chi connectivity index (χ0n) is 9.43. The molecule has 0 N–H and O–H groups in total. The molecular formula is C9H19BF3N2-. The first-order chi connectivity index (χ1) is 6.87. The number of hydrogen-bond acceptors (Lipinski definition) is 2. The van der Waals surface area contributed by atoms with Crippen molar-refractivity contribution < 1.29 is 12.9 Å². The Morgan fingerprint density at radius 1 is 1.00 bits per heavy atom. The van der Waals surface area contributed by atoms with Crippen LogP contribution in [0.25, 0.3) is 0 Å². The standard InChI is InChI=1S/C9H19BF3N2/c1-9(2)7-14-3-5-15(6-4-14)8-10(11,12)13/h9H,3-8H2,1-2H3/q-1. The Bertz CT molecular complexity index is 188. The Balaban J connectivity index is 2.24. The van der Waals surface area contributed by atoms with E-state index < -0.39 is 13.4 Å². The van der Waals surface area contributed by atoms with Crippen molar-refractivity contribution in [2.45, 2.75) is 13.8 Å². The van der Waals surface area contributed by atoms with Gasteiger partial charge in [-0.15, -0.1) is 0 Å². The van der Waals surface area contributed by atoms with Crippen molar-refractivity contribution in [1.29, 1.82) is 0 Å². The highest BCUT2D eigenvalue weighted by molar-refractivity contribution is 6.58. The Kier molecular flexibility index (Phi) is 4.46. The van der Waals surface area contributed by atoms with Crippen molar-refractivity contribution in [3.8, 4) is 0 Å². The van der Waals surface area contributed by atoms with E-state index in [0.29, 0.717) is 19.0 Å². The van der Waals surface area contributed by atoms with Crippen LogP contribution in [0.2, 0.25) is 0 Å². The average Bonchev–Trinajstić information content (AvgIpc) is 2.05. The van der Waals surface area contributed by atoms with Gasteiger partial charge in [0.15, 0.2) is 0 Å². The summed E-state index contributed by atoms with van der Waals surface area (Å²) in [5.74, 6) is 0.586. The highest BCUT2D eigenvalue weighted by Crippen LogP contribution is 2.12. The molecule has 6 heteroatoms. The maximum atomic E-state index is 12.2. The number of halogens is 3. The van der Waals surface area contributed by atoms with E-state index in [0.717, 1.165) is 19.6 Å². The highest BCUT2D eigenvalue weighted by Gasteiger charge is 2.28. The largest absolute Gasteiger partial charge is 0.492 e. The molecule has 0 aliphatic carbocycles. The van der Waals surface area contributed by atoms with Crippen LogP contribution in [-0.4, -0.2) is 55.9 Å². The summed E-state index contributed by atoms with van der Waals surface area (Å²) in [5, 5.41) is 0. The SMILES string of the molecule is CC(C)CN1CCN(C[B-](F)(F)F)CC1. The Hall–Kier alpha value is -0.225. The van der Waals surface area contributed by atoms with Gasteiger partial charge < -0.3 is 22.7 Å². The van der Waals surface area contributed by atoms with Crippen LogP contribution in [-0.2, 0) is 0 Å². The van der Waals surface area contributed by atoms with E-state index in [4.69, 9.17) is 0 Å². The fourth-order valence-corrected chi connectivity index (χ4v) is 1.96. The van der Waals surface area contributed by atoms with E-state index in [-0.39, 0.29) is 0 Å². The van der Waals surface area contributed by atoms with Gasteiger partial charge in [-0.1, -0.05) is 13.8 Å². The maximum Gasteiger partial charge on any atom is 0.492 e. The zero-order valence-corrected chi connectivity index (χ0v) is 9.43. The lowest BCUT2D eigenvalue weighted by Gasteiger charge is -2.37. The van der Waals surface area contributed by atoms with E-state index in [1.807, 2.05) is 0 Å². The van der Waals surface area contributed by atoms with Gasteiger partial charge in [-0.25, -0.2) is 0 Å². The van der Waals surface area contributed by atoms with Crippen LogP contribution in [0.4, 0.5) is 12.9 Å². The second-order valence-corrected chi connectivity index (χ2v) is 4.71. The van der Waals surface area contributed by atoms with Crippen LogP contribution < -0.4 is 0 Å². The molecule has 0 aromatic carbocycles. The van der Waals surface area contributed by atoms with E-state index in [1.54, 1.807) is 0 Å². The molecular weight excluding hydrogens is 204 g/mol. The molecule has 0 aromatic rings. The van der Waals surface area contributed by atoms with Crippen LogP contribution in [0.15, 0.2) is 0 Å².